The van der Waals surface area contributed by atoms with Gasteiger partial charge in [-0.2, -0.15) is 0 Å². The number of nitrogens with one attached hydrogen (secondary N) is 1. The Labute approximate surface area is 101 Å². The Morgan fingerprint density at radius 2 is 1.82 bits per heavy atom. The van der Waals surface area contributed by atoms with Crippen molar-refractivity contribution in [2.24, 2.45) is 0 Å². The van der Waals surface area contributed by atoms with Gasteiger partial charge in [-0.3, -0.25) is 0 Å². The van der Waals surface area contributed by atoms with Crippen molar-refractivity contribution < 1.29 is 13.5 Å². The van der Waals surface area contributed by atoms with Gasteiger partial charge in [0, 0.05) is 25.3 Å². The van der Waals surface area contributed by atoms with E-state index in [2.05, 4.69) is 5.32 Å². The van der Waals surface area contributed by atoms with Crippen LogP contribution in [0.3, 0.4) is 0 Å². The van der Waals surface area contributed by atoms with Crippen LogP contribution >= 0.6 is 0 Å². The largest absolute Gasteiger partial charge is 0.377 e. The van der Waals surface area contributed by atoms with Crippen molar-refractivity contribution in [1.29, 1.82) is 0 Å². The van der Waals surface area contributed by atoms with Gasteiger partial charge in [0.25, 0.3) is 0 Å². The summed E-state index contributed by atoms with van der Waals surface area (Å²) in [5.41, 5.74) is -0.296. The molecule has 1 rings (SSSR count). The Kier molecular flexibility index (Phi) is 4.60. The predicted molar refractivity (Wildman–Crippen MR) is 63.9 cm³/mol. The summed E-state index contributed by atoms with van der Waals surface area (Å²) in [4.78, 5) is 0. The molecule has 0 radical (unpaired) electrons. The van der Waals surface area contributed by atoms with E-state index < -0.39 is 17.7 Å². The number of ether oxygens (including phenoxy) is 1. The lowest BCUT2D eigenvalue weighted by molar-refractivity contribution is 0.0212. The van der Waals surface area contributed by atoms with E-state index in [1.54, 1.807) is 14.0 Å². The quantitative estimate of drug-likeness (QED) is 0.858. The Bertz CT molecular complexity index is 359. The summed E-state index contributed by atoms with van der Waals surface area (Å²) in [5, 5.41) is 3.07. The fourth-order valence-corrected chi connectivity index (χ4v) is 1.50. The average Bonchev–Trinajstić information content (AvgIpc) is 2.26. The highest BCUT2D eigenvalue weighted by Gasteiger charge is 2.20. The van der Waals surface area contributed by atoms with Crippen molar-refractivity contribution in [3.8, 4) is 0 Å². The Hall–Kier alpha value is -1.00. The fraction of sp³-hybridized carbons (Fsp3) is 0.538. The highest BCUT2D eigenvalue weighted by atomic mass is 19.1. The van der Waals surface area contributed by atoms with Crippen LogP contribution in [0.2, 0.25) is 0 Å². The standard InChI is InChI=1S/C13H19F2NO/c1-9(16-8-13(2,3)17-4)12-10(14)6-5-7-11(12)15/h5-7,9,16H,8H2,1-4H3. The first-order valence-corrected chi connectivity index (χ1v) is 5.60. The first-order valence-electron chi connectivity index (χ1n) is 5.60. The third-order valence-corrected chi connectivity index (χ3v) is 2.82. The molecule has 1 N–H and O–H groups in total. The number of methoxy groups -OCH3 is 1. The van der Waals surface area contributed by atoms with Crippen molar-refractivity contribution in [3.63, 3.8) is 0 Å². The highest BCUT2D eigenvalue weighted by Crippen LogP contribution is 2.20. The Balaban J connectivity index is 2.74. The second-order valence-electron chi connectivity index (χ2n) is 4.70. The molecule has 0 amide bonds. The average molecular weight is 243 g/mol. The maximum absolute atomic E-state index is 13.5. The topological polar surface area (TPSA) is 21.3 Å². The van der Waals surface area contributed by atoms with E-state index in [0.717, 1.165) is 0 Å². The molecule has 0 aliphatic rings. The summed E-state index contributed by atoms with van der Waals surface area (Å²) in [6.07, 6.45) is 0. The number of halogens is 2. The number of hydrogen-bond acceptors (Lipinski definition) is 2. The molecule has 0 bridgehead atoms. The second-order valence-corrected chi connectivity index (χ2v) is 4.70. The second kappa shape index (κ2) is 5.56. The first kappa shape index (κ1) is 14.1. The molecule has 0 spiro atoms. The molecule has 17 heavy (non-hydrogen) atoms. The number of hydrogen-bond donors (Lipinski definition) is 1. The van der Waals surface area contributed by atoms with Crippen molar-refractivity contribution in [2.45, 2.75) is 32.4 Å². The van der Waals surface area contributed by atoms with Gasteiger partial charge in [-0.1, -0.05) is 6.07 Å². The van der Waals surface area contributed by atoms with Gasteiger partial charge in [-0.25, -0.2) is 8.78 Å². The van der Waals surface area contributed by atoms with E-state index in [-0.39, 0.29) is 11.2 Å². The van der Waals surface area contributed by atoms with Gasteiger partial charge >= 0.3 is 0 Å². The molecular formula is C13H19F2NO. The molecule has 0 fully saturated rings. The van der Waals surface area contributed by atoms with Crippen molar-refractivity contribution in [1.82, 2.24) is 5.32 Å². The van der Waals surface area contributed by atoms with Crippen molar-refractivity contribution in [2.75, 3.05) is 13.7 Å². The summed E-state index contributed by atoms with van der Waals surface area (Å²) in [6, 6.07) is 3.49. The summed E-state index contributed by atoms with van der Waals surface area (Å²) < 4.78 is 32.2. The third kappa shape index (κ3) is 3.75. The lowest BCUT2D eigenvalue weighted by atomic mass is 10.0. The smallest absolute Gasteiger partial charge is 0.130 e. The molecule has 0 saturated heterocycles. The molecule has 0 aliphatic heterocycles. The van der Waals surface area contributed by atoms with Gasteiger partial charge in [0.05, 0.1) is 5.60 Å². The summed E-state index contributed by atoms with van der Waals surface area (Å²) in [5.74, 6) is -1.06. The van der Waals surface area contributed by atoms with Gasteiger partial charge in [0.1, 0.15) is 11.6 Å². The SMILES string of the molecule is COC(C)(C)CNC(C)c1c(F)cccc1F. The van der Waals surface area contributed by atoms with Gasteiger partial charge in [-0.15, -0.1) is 0 Å². The summed E-state index contributed by atoms with van der Waals surface area (Å²) in [7, 11) is 1.61. The van der Waals surface area contributed by atoms with E-state index in [9.17, 15) is 8.78 Å². The van der Waals surface area contributed by atoms with Crippen LogP contribution in [0.5, 0.6) is 0 Å². The van der Waals surface area contributed by atoms with E-state index >= 15 is 0 Å². The van der Waals surface area contributed by atoms with Crippen molar-refractivity contribution >= 4 is 0 Å². The lowest BCUT2D eigenvalue weighted by Gasteiger charge is -2.26. The maximum atomic E-state index is 13.5. The molecule has 0 aliphatic carbocycles. The molecule has 1 aromatic rings. The minimum atomic E-state index is -0.528. The van der Waals surface area contributed by atoms with Crippen LogP contribution in [0, 0.1) is 11.6 Å². The normalized spacial score (nSPS) is 13.8. The zero-order valence-corrected chi connectivity index (χ0v) is 10.7. The number of rotatable bonds is 5. The number of benzene rings is 1. The third-order valence-electron chi connectivity index (χ3n) is 2.82. The van der Waals surface area contributed by atoms with Gasteiger partial charge in [-0.05, 0) is 32.9 Å². The molecule has 0 saturated carbocycles. The minimum Gasteiger partial charge on any atom is -0.377 e. The van der Waals surface area contributed by atoms with Gasteiger partial charge in [0.2, 0.25) is 0 Å². The molecular weight excluding hydrogens is 224 g/mol. The Morgan fingerprint density at radius 3 is 2.29 bits per heavy atom. The van der Waals surface area contributed by atoms with Gasteiger partial charge < -0.3 is 10.1 Å². The van der Waals surface area contributed by atoms with Crippen LogP contribution in [-0.4, -0.2) is 19.3 Å². The van der Waals surface area contributed by atoms with E-state index in [4.69, 9.17) is 4.74 Å². The Morgan fingerprint density at radius 1 is 1.29 bits per heavy atom. The van der Waals surface area contributed by atoms with E-state index in [1.807, 2.05) is 13.8 Å². The molecule has 1 unspecified atom stereocenters. The zero-order valence-electron chi connectivity index (χ0n) is 10.7. The minimum absolute atomic E-state index is 0.0689. The summed E-state index contributed by atoms with van der Waals surface area (Å²) >= 11 is 0. The summed E-state index contributed by atoms with van der Waals surface area (Å²) in [6.45, 7) is 6.06. The molecule has 4 heteroatoms. The van der Waals surface area contributed by atoms with E-state index in [1.165, 1.54) is 18.2 Å². The first-order chi connectivity index (χ1) is 7.87. The molecule has 0 heterocycles. The fourth-order valence-electron chi connectivity index (χ4n) is 1.50. The monoisotopic (exact) mass is 243 g/mol. The predicted octanol–water partition coefficient (Wildman–Crippen LogP) is 3.04. The maximum Gasteiger partial charge on any atom is 0.130 e. The molecule has 1 aromatic carbocycles. The van der Waals surface area contributed by atoms with Crippen LogP contribution < -0.4 is 5.32 Å². The van der Waals surface area contributed by atoms with Gasteiger partial charge in [0.15, 0.2) is 0 Å². The molecule has 1 atom stereocenters. The molecule has 2 nitrogen and oxygen atoms in total. The van der Waals surface area contributed by atoms with Crippen LogP contribution in [0.1, 0.15) is 32.4 Å². The zero-order chi connectivity index (χ0) is 13.1. The highest BCUT2D eigenvalue weighted by molar-refractivity contribution is 5.22. The van der Waals surface area contributed by atoms with E-state index in [0.29, 0.717) is 6.54 Å². The van der Waals surface area contributed by atoms with Crippen LogP contribution in [0.15, 0.2) is 18.2 Å². The van der Waals surface area contributed by atoms with Crippen LogP contribution in [0.4, 0.5) is 8.78 Å². The lowest BCUT2D eigenvalue weighted by Crippen LogP contribution is -2.38. The van der Waals surface area contributed by atoms with Crippen LogP contribution in [-0.2, 0) is 4.74 Å². The molecule has 0 aromatic heterocycles. The van der Waals surface area contributed by atoms with Crippen molar-refractivity contribution in [3.05, 3.63) is 35.4 Å². The molecule has 96 valence electrons. The van der Waals surface area contributed by atoms with Crippen LogP contribution in [0.25, 0.3) is 0 Å².